The maximum absolute atomic E-state index is 9.54. The van der Waals surface area contributed by atoms with Crippen LogP contribution in [0.4, 0.5) is 0 Å². The predicted molar refractivity (Wildman–Crippen MR) is 59.4 cm³/mol. The van der Waals surface area contributed by atoms with Crippen molar-refractivity contribution < 1.29 is 5.11 Å². The molecule has 0 amide bonds. The minimum atomic E-state index is -0.529. The number of nitrogens with zero attached hydrogens (tertiary/aromatic N) is 1. The van der Waals surface area contributed by atoms with Gasteiger partial charge in [-0.05, 0) is 59.8 Å². The smallest absolute Gasteiger partial charge is 0.0603 e. The molecule has 1 rings (SSSR count). The summed E-state index contributed by atoms with van der Waals surface area (Å²) in [6, 6.07) is 0.661. The normalized spacial score (nSPS) is 21.4. The molecule has 3 nitrogen and oxygen atoms in total. The molecule has 0 aromatic heterocycles. The summed E-state index contributed by atoms with van der Waals surface area (Å²) < 4.78 is 0. The van der Waals surface area contributed by atoms with Crippen LogP contribution in [0.25, 0.3) is 0 Å². The fourth-order valence-electron chi connectivity index (χ4n) is 1.79. The second kappa shape index (κ2) is 5.10. The summed E-state index contributed by atoms with van der Waals surface area (Å²) in [5.74, 6) is 0. The van der Waals surface area contributed by atoms with Gasteiger partial charge in [0.2, 0.25) is 0 Å². The molecule has 1 heterocycles. The standard InChI is InChI=1S/C11H24N2O/c1-11(2,14)6-7-12-10-4-8-13(3)9-5-10/h10,12,14H,4-9H2,1-3H3. The van der Waals surface area contributed by atoms with Gasteiger partial charge in [-0.15, -0.1) is 0 Å². The van der Waals surface area contributed by atoms with Crippen LogP contribution in [0.5, 0.6) is 0 Å². The van der Waals surface area contributed by atoms with Crippen molar-refractivity contribution in [2.75, 3.05) is 26.7 Å². The van der Waals surface area contributed by atoms with E-state index in [1.807, 2.05) is 13.8 Å². The quantitative estimate of drug-likeness (QED) is 0.705. The zero-order valence-corrected chi connectivity index (χ0v) is 9.71. The van der Waals surface area contributed by atoms with Gasteiger partial charge in [-0.3, -0.25) is 0 Å². The van der Waals surface area contributed by atoms with Crippen molar-refractivity contribution in [2.45, 2.75) is 44.8 Å². The Hall–Kier alpha value is -0.120. The van der Waals surface area contributed by atoms with E-state index in [2.05, 4.69) is 17.3 Å². The summed E-state index contributed by atoms with van der Waals surface area (Å²) in [4.78, 5) is 2.37. The third kappa shape index (κ3) is 4.94. The van der Waals surface area contributed by atoms with Gasteiger partial charge in [-0.25, -0.2) is 0 Å². The summed E-state index contributed by atoms with van der Waals surface area (Å²) >= 11 is 0. The van der Waals surface area contributed by atoms with Gasteiger partial charge >= 0.3 is 0 Å². The number of hydrogen-bond acceptors (Lipinski definition) is 3. The fraction of sp³-hybridized carbons (Fsp3) is 1.00. The first-order valence-corrected chi connectivity index (χ1v) is 5.62. The SMILES string of the molecule is CN1CCC(NCCC(C)(C)O)CC1. The van der Waals surface area contributed by atoms with Gasteiger partial charge in [0.05, 0.1) is 5.60 Å². The van der Waals surface area contributed by atoms with Crippen LogP contribution >= 0.6 is 0 Å². The van der Waals surface area contributed by atoms with Crippen molar-refractivity contribution in [1.82, 2.24) is 10.2 Å². The summed E-state index contributed by atoms with van der Waals surface area (Å²) in [7, 11) is 2.17. The van der Waals surface area contributed by atoms with Crippen LogP contribution in [0.3, 0.4) is 0 Å². The molecule has 0 aromatic rings. The van der Waals surface area contributed by atoms with E-state index in [1.165, 1.54) is 25.9 Å². The third-order valence-electron chi connectivity index (χ3n) is 2.89. The molecule has 0 atom stereocenters. The van der Waals surface area contributed by atoms with Gasteiger partial charge in [0.1, 0.15) is 0 Å². The summed E-state index contributed by atoms with van der Waals surface area (Å²) in [6.07, 6.45) is 3.31. The number of aliphatic hydroxyl groups is 1. The van der Waals surface area contributed by atoms with Gasteiger partial charge in [0.25, 0.3) is 0 Å². The second-order valence-corrected chi connectivity index (χ2v) is 5.09. The van der Waals surface area contributed by atoms with Crippen molar-refractivity contribution in [2.24, 2.45) is 0 Å². The molecule has 1 aliphatic rings. The van der Waals surface area contributed by atoms with Crippen LogP contribution in [0.15, 0.2) is 0 Å². The zero-order valence-electron chi connectivity index (χ0n) is 9.71. The number of nitrogens with one attached hydrogen (secondary N) is 1. The largest absolute Gasteiger partial charge is 0.390 e. The van der Waals surface area contributed by atoms with Crippen LogP contribution in [-0.2, 0) is 0 Å². The highest BCUT2D eigenvalue weighted by atomic mass is 16.3. The topological polar surface area (TPSA) is 35.5 Å². The maximum atomic E-state index is 9.54. The van der Waals surface area contributed by atoms with Gasteiger partial charge in [-0.2, -0.15) is 0 Å². The lowest BCUT2D eigenvalue weighted by molar-refractivity contribution is 0.0694. The second-order valence-electron chi connectivity index (χ2n) is 5.09. The van der Waals surface area contributed by atoms with Crippen molar-refractivity contribution in [3.05, 3.63) is 0 Å². The number of rotatable bonds is 4. The Balaban J connectivity index is 2.08. The molecule has 84 valence electrons. The molecule has 1 saturated heterocycles. The van der Waals surface area contributed by atoms with E-state index >= 15 is 0 Å². The molecule has 0 aliphatic carbocycles. The highest BCUT2D eigenvalue weighted by Gasteiger charge is 2.17. The first kappa shape index (κ1) is 12.0. The van der Waals surface area contributed by atoms with Crippen molar-refractivity contribution >= 4 is 0 Å². The fourth-order valence-corrected chi connectivity index (χ4v) is 1.79. The first-order chi connectivity index (χ1) is 6.47. The Labute approximate surface area is 87.5 Å². The minimum Gasteiger partial charge on any atom is -0.390 e. The minimum absolute atomic E-state index is 0.529. The molecule has 0 unspecified atom stereocenters. The molecule has 2 N–H and O–H groups in total. The highest BCUT2D eigenvalue weighted by Crippen LogP contribution is 2.10. The van der Waals surface area contributed by atoms with E-state index in [4.69, 9.17) is 0 Å². The van der Waals surface area contributed by atoms with E-state index in [0.717, 1.165) is 13.0 Å². The Morgan fingerprint density at radius 3 is 2.43 bits per heavy atom. The summed E-state index contributed by atoms with van der Waals surface area (Å²) in [5.41, 5.74) is -0.529. The zero-order chi connectivity index (χ0) is 10.6. The Kier molecular flexibility index (Phi) is 4.35. The lowest BCUT2D eigenvalue weighted by atomic mass is 10.0. The van der Waals surface area contributed by atoms with Gasteiger partial charge < -0.3 is 15.3 Å². The Morgan fingerprint density at radius 1 is 1.36 bits per heavy atom. The molecule has 1 aliphatic heterocycles. The summed E-state index contributed by atoms with van der Waals surface area (Å²) in [6.45, 7) is 7.05. The third-order valence-corrected chi connectivity index (χ3v) is 2.89. The summed E-state index contributed by atoms with van der Waals surface area (Å²) in [5, 5.41) is 13.1. The van der Waals surface area contributed by atoms with E-state index in [-0.39, 0.29) is 0 Å². The lowest BCUT2D eigenvalue weighted by Gasteiger charge is -2.30. The van der Waals surface area contributed by atoms with Crippen LogP contribution in [0, 0.1) is 0 Å². The van der Waals surface area contributed by atoms with E-state index in [1.54, 1.807) is 0 Å². The van der Waals surface area contributed by atoms with Crippen molar-refractivity contribution in [1.29, 1.82) is 0 Å². The number of hydrogen-bond donors (Lipinski definition) is 2. The van der Waals surface area contributed by atoms with Crippen LogP contribution in [-0.4, -0.2) is 48.3 Å². The van der Waals surface area contributed by atoms with Gasteiger partial charge in [-0.1, -0.05) is 0 Å². The monoisotopic (exact) mass is 200 g/mol. The Morgan fingerprint density at radius 2 is 1.93 bits per heavy atom. The van der Waals surface area contributed by atoms with Crippen molar-refractivity contribution in [3.8, 4) is 0 Å². The lowest BCUT2D eigenvalue weighted by Crippen LogP contribution is -2.42. The molecule has 0 radical (unpaired) electrons. The molecule has 0 saturated carbocycles. The molecule has 0 aromatic carbocycles. The first-order valence-electron chi connectivity index (χ1n) is 5.62. The van der Waals surface area contributed by atoms with Gasteiger partial charge in [0.15, 0.2) is 0 Å². The molecule has 0 spiro atoms. The van der Waals surface area contributed by atoms with Crippen LogP contribution in [0.2, 0.25) is 0 Å². The van der Waals surface area contributed by atoms with Crippen LogP contribution < -0.4 is 5.32 Å². The van der Waals surface area contributed by atoms with Gasteiger partial charge in [0, 0.05) is 6.04 Å². The van der Waals surface area contributed by atoms with Crippen LogP contribution in [0.1, 0.15) is 33.1 Å². The highest BCUT2D eigenvalue weighted by molar-refractivity contribution is 4.76. The molecule has 0 bridgehead atoms. The molecule has 3 heteroatoms. The number of likely N-dealkylation sites (tertiary alicyclic amines) is 1. The Bertz CT molecular complexity index is 157. The molecule has 14 heavy (non-hydrogen) atoms. The molecule has 1 fully saturated rings. The van der Waals surface area contributed by atoms with Crippen molar-refractivity contribution in [3.63, 3.8) is 0 Å². The molecular formula is C11H24N2O. The maximum Gasteiger partial charge on any atom is 0.0603 e. The van der Waals surface area contributed by atoms with E-state index < -0.39 is 5.60 Å². The average Bonchev–Trinajstić information content (AvgIpc) is 2.06. The average molecular weight is 200 g/mol. The molecular weight excluding hydrogens is 176 g/mol. The van der Waals surface area contributed by atoms with E-state index in [9.17, 15) is 5.11 Å². The van der Waals surface area contributed by atoms with E-state index in [0.29, 0.717) is 6.04 Å². The number of piperidine rings is 1. The predicted octanol–water partition coefficient (Wildman–Crippen LogP) is 0.831.